The van der Waals surface area contributed by atoms with Gasteiger partial charge in [-0.05, 0) is 25.1 Å². The smallest absolute Gasteiger partial charge is 0.306 e. The average Bonchev–Trinajstić information content (AvgIpc) is 2.40. The summed E-state index contributed by atoms with van der Waals surface area (Å²) >= 11 is 0. The maximum absolute atomic E-state index is 13.6. The molecule has 0 aliphatic heterocycles. The Morgan fingerprint density at radius 3 is 2.70 bits per heavy atom. The predicted molar refractivity (Wildman–Crippen MR) is 69.8 cm³/mol. The Morgan fingerprint density at radius 1 is 1.50 bits per heavy atom. The summed E-state index contributed by atoms with van der Waals surface area (Å²) in [6, 6.07) is 5.32. The number of methoxy groups -OCH3 is 1. The standard InChI is InChI=1S/C13H14FNO4S/c1-9(5-13(16)19-2)20(17,18)8-11-6-10(7-15)3-4-12(11)14/h3-4,6,9H,5,8H2,1-2H3. The SMILES string of the molecule is COC(=O)CC(C)S(=O)(=O)Cc1cc(C#N)ccc1F. The van der Waals surface area contributed by atoms with Gasteiger partial charge in [0.15, 0.2) is 9.84 Å². The van der Waals surface area contributed by atoms with Gasteiger partial charge in [-0.15, -0.1) is 0 Å². The maximum atomic E-state index is 13.6. The Hall–Kier alpha value is -1.94. The minimum Gasteiger partial charge on any atom is -0.469 e. The van der Waals surface area contributed by atoms with E-state index in [9.17, 15) is 17.6 Å². The largest absolute Gasteiger partial charge is 0.469 e. The summed E-state index contributed by atoms with van der Waals surface area (Å²) < 4.78 is 42.1. The highest BCUT2D eigenvalue weighted by Crippen LogP contribution is 2.18. The van der Waals surface area contributed by atoms with Crippen molar-refractivity contribution in [1.82, 2.24) is 0 Å². The molecule has 0 N–H and O–H groups in total. The maximum Gasteiger partial charge on any atom is 0.306 e. The second-order valence-corrected chi connectivity index (χ2v) is 6.74. The number of sulfone groups is 1. The van der Waals surface area contributed by atoms with Crippen molar-refractivity contribution in [2.75, 3.05) is 7.11 Å². The molecule has 0 aliphatic rings. The minimum absolute atomic E-state index is 0.0826. The lowest BCUT2D eigenvalue weighted by Crippen LogP contribution is -2.24. The second-order valence-electron chi connectivity index (χ2n) is 4.32. The van der Waals surface area contributed by atoms with Gasteiger partial charge in [-0.25, -0.2) is 12.8 Å². The van der Waals surface area contributed by atoms with Crippen LogP contribution in [0.4, 0.5) is 4.39 Å². The molecule has 0 spiro atoms. The summed E-state index contributed by atoms with van der Waals surface area (Å²) in [4.78, 5) is 11.1. The highest BCUT2D eigenvalue weighted by Gasteiger charge is 2.25. The Kier molecular flexibility index (Phi) is 5.22. The summed E-state index contributed by atoms with van der Waals surface area (Å²) in [5, 5.41) is 7.74. The van der Waals surface area contributed by atoms with Crippen LogP contribution in [0.5, 0.6) is 0 Å². The summed E-state index contributed by atoms with van der Waals surface area (Å²) in [5.74, 6) is -1.91. The molecule has 20 heavy (non-hydrogen) atoms. The van der Waals surface area contributed by atoms with Crippen LogP contribution in [0.3, 0.4) is 0 Å². The molecule has 5 nitrogen and oxygen atoms in total. The van der Waals surface area contributed by atoms with Crippen LogP contribution < -0.4 is 0 Å². The van der Waals surface area contributed by atoms with Crippen LogP contribution in [-0.4, -0.2) is 26.7 Å². The van der Waals surface area contributed by atoms with Crippen LogP contribution in [0.15, 0.2) is 18.2 Å². The van der Waals surface area contributed by atoms with E-state index < -0.39 is 32.6 Å². The minimum atomic E-state index is -3.72. The van der Waals surface area contributed by atoms with Gasteiger partial charge in [0, 0.05) is 5.56 Å². The fourth-order valence-electron chi connectivity index (χ4n) is 1.56. The van der Waals surface area contributed by atoms with Crippen molar-refractivity contribution >= 4 is 15.8 Å². The van der Waals surface area contributed by atoms with Gasteiger partial charge in [-0.3, -0.25) is 4.79 Å². The number of carbonyl (C=O) groups excluding carboxylic acids is 1. The Labute approximate surface area is 116 Å². The first-order chi connectivity index (χ1) is 9.30. The number of esters is 1. The molecule has 0 heterocycles. The van der Waals surface area contributed by atoms with Crippen LogP contribution in [0, 0.1) is 17.1 Å². The third-order valence-electron chi connectivity index (χ3n) is 2.83. The van der Waals surface area contributed by atoms with E-state index in [1.165, 1.54) is 19.1 Å². The van der Waals surface area contributed by atoms with E-state index in [2.05, 4.69) is 4.74 Å². The van der Waals surface area contributed by atoms with Crippen LogP contribution in [0.1, 0.15) is 24.5 Å². The van der Waals surface area contributed by atoms with Crippen LogP contribution >= 0.6 is 0 Å². The van der Waals surface area contributed by atoms with Gasteiger partial charge in [0.05, 0.1) is 36.2 Å². The molecule has 0 radical (unpaired) electrons. The zero-order valence-electron chi connectivity index (χ0n) is 11.1. The average molecular weight is 299 g/mol. The van der Waals surface area contributed by atoms with Gasteiger partial charge in [0.2, 0.25) is 0 Å². The van der Waals surface area contributed by atoms with Crippen molar-refractivity contribution in [3.63, 3.8) is 0 Å². The molecule has 0 saturated heterocycles. The number of hydrogen-bond donors (Lipinski definition) is 0. The van der Waals surface area contributed by atoms with Gasteiger partial charge >= 0.3 is 5.97 Å². The monoisotopic (exact) mass is 299 g/mol. The first-order valence-corrected chi connectivity index (χ1v) is 7.48. The van der Waals surface area contributed by atoms with E-state index in [4.69, 9.17) is 5.26 Å². The number of rotatable bonds is 5. The van der Waals surface area contributed by atoms with Gasteiger partial charge in [0.25, 0.3) is 0 Å². The zero-order chi connectivity index (χ0) is 15.3. The lowest BCUT2D eigenvalue weighted by molar-refractivity contribution is -0.140. The molecule has 0 saturated carbocycles. The summed E-state index contributed by atoms with van der Waals surface area (Å²) in [6.07, 6.45) is -0.293. The predicted octanol–water partition coefficient (Wildman–Crippen LogP) is 1.56. The van der Waals surface area contributed by atoms with Crippen molar-refractivity contribution in [3.8, 4) is 6.07 Å². The molecule has 1 aromatic carbocycles. The number of hydrogen-bond acceptors (Lipinski definition) is 5. The molecule has 1 rings (SSSR count). The number of nitrogens with zero attached hydrogens (tertiary/aromatic N) is 1. The van der Waals surface area contributed by atoms with E-state index >= 15 is 0 Å². The van der Waals surface area contributed by atoms with Gasteiger partial charge in [0.1, 0.15) is 5.82 Å². The first kappa shape index (κ1) is 16.1. The van der Waals surface area contributed by atoms with Crippen molar-refractivity contribution in [2.24, 2.45) is 0 Å². The molecular formula is C13H14FNO4S. The summed E-state index contributed by atoms with van der Waals surface area (Å²) in [7, 11) is -2.55. The topological polar surface area (TPSA) is 84.2 Å². The van der Waals surface area contributed by atoms with E-state index in [1.54, 1.807) is 0 Å². The van der Waals surface area contributed by atoms with Crippen molar-refractivity contribution in [1.29, 1.82) is 5.26 Å². The van der Waals surface area contributed by atoms with E-state index in [1.807, 2.05) is 6.07 Å². The van der Waals surface area contributed by atoms with Crippen LogP contribution in [0.25, 0.3) is 0 Å². The number of nitriles is 1. The molecule has 108 valence electrons. The first-order valence-electron chi connectivity index (χ1n) is 5.77. The Balaban J connectivity index is 2.97. The molecule has 0 amide bonds. The lowest BCUT2D eigenvalue weighted by atomic mass is 10.1. The van der Waals surface area contributed by atoms with Crippen LogP contribution in [-0.2, 0) is 25.1 Å². The zero-order valence-corrected chi connectivity index (χ0v) is 11.9. The van der Waals surface area contributed by atoms with Crippen LogP contribution in [0.2, 0.25) is 0 Å². The highest BCUT2D eigenvalue weighted by molar-refractivity contribution is 7.91. The fourth-order valence-corrected chi connectivity index (χ4v) is 2.89. The Bertz CT molecular complexity index is 649. The van der Waals surface area contributed by atoms with E-state index in [0.29, 0.717) is 0 Å². The number of carbonyl (C=O) groups is 1. The fraction of sp³-hybridized carbons (Fsp3) is 0.385. The third-order valence-corrected chi connectivity index (χ3v) is 4.93. The molecule has 0 aliphatic carbocycles. The summed E-state index contributed by atoms with van der Waals surface area (Å²) in [6.45, 7) is 1.36. The number of halogens is 1. The second kappa shape index (κ2) is 6.48. The molecule has 1 aromatic rings. The molecule has 0 fully saturated rings. The molecule has 1 unspecified atom stereocenters. The van der Waals surface area contributed by atoms with E-state index in [0.717, 1.165) is 13.2 Å². The number of ether oxygens (including phenoxy) is 1. The van der Waals surface area contributed by atoms with Gasteiger partial charge < -0.3 is 4.74 Å². The quantitative estimate of drug-likeness (QED) is 0.770. The molecule has 1 atom stereocenters. The molecular weight excluding hydrogens is 285 g/mol. The van der Waals surface area contributed by atoms with Crippen molar-refractivity contribution < 1.29 is 22.3 Å². The molecule has 0 bridgehead atoms. The van der Waals surface area contributed by atoms with Crippen molar-refractivity contribution in [3.05, 3.63) is 35.1 Å². The summed E-state index contributed by atoms with van der Waals surface area (Å²) in [5.41, 5.74) is 0.0954. The number of benzene rings is 1. The Morgan fingerprint density at radius 2 is 2.15 bits per heavy atom. The third kappa shape index (κ3) is 4.03. The van der Waals surface area contributed by atoms with Gasteiger partial charge in [-0.1, -0.05) is 0 Å². The van der Waals surface area contributed by atoms with Crippen molar-refractivity contribution in [2.45, 2.75) is 24.3 Å². The van der Waals surface area contributed by atoms with E-state index in [-0.39, 0.29) is 17.5 Å². The molecule has 7 heteroatoms. The van der Waals surface area contributed by atoms with Gasteiger partial charge in [-0.2, -0.15) is 5.26 Å². The lowest BCUT2D eigenvalue weighted by Gasteiger charge is -2.12. The normalized spacial score (nSPS) is 12.5. The molecule has 0 aromatic heterocycles. The highest BCUT2D eigenvalue weighted by atomic mass is 32.2.